The summed E-state index contributed by atoms with van der Waals surface area (Å²) in [6.07, 6.45) is 4.05. The summed E-state index contributed by atoms with van der Waals surface area (Å²) in [6.45, 7) is 13.4. The Morgan fingerprint density at radius 1 is 1.24 bits per heavy atom. The van der Waals surface area contributed by atoms with Crippen molar-refractivity contribution in [2.24, 2.45) is 5.92 Å². The van der Waals surface area contributed by atoms with Gasteiger partial charge in [0.25, 0.3) is 0 Å². The first-order valence-corrected chi connectivity index (χ1v) is 12.3. The second-order valence-electron chi connectivity index (χ2n) is 8.98. The van der Waals surface area contributed by atoms with Crippen molar-refractivity contribution < 1.29 is 9.22 Å². The minimum Gasteiger partial charge on any atom is -0.413 e. The van der Waals surface area contributed by atoms with E-state index in [-0.39, 0.29) is 23.0 Å². The fourth-order valence-corrected chi connectivity index (χ4v) is 5.15. The fraction of sp³-hybridized carbons (Fsp3) is 0.571. The highest BCUT2D eigenvalue weighted by atomic mass is 28.4. The number of carbonyl (C=O) groups excluding carboxylic acids is 1. The maximum atomic E-state index is 12.8. The van der Waals surface area contributed by atoms with Crippen LogP contribution in [0.15, 0.2) is 42.1 Å². The van der Waals surface area contributed by atoms with Crippen LogP contribution in [0.1, 0.15) is 39.7 Å². The zero-order valence-corrected chi connectivity index (χ0v) is 17.4. The summed E-state index contributed by atoms with van der Waals surface area (Å²) >= 11 is 0. The summed E-state index contributed by atoms with van der Waals surface area (Å²) in [5, 5.41) is 0.167. The molecule has 0 unspecified atom stereocenters. The van der Waals surface area contributed by atoms with Gasteiger partial charge >= 0.3 is 0 Å². The van der Waals surface area contributed by atoms with Crippen LogP contribution in [0.25, 0.3) is 0 Å². The molecule has 0 spiro atoms. The van der Waals surface area contributed by atoms with Crippen molar-refractivity contribution in [1.82, 2.24) is 4.90 Å². The number of benzene rings is 1. The highest BCUT2D eigenvalue weighted by molar-refractivity contribution is 6.74. The molecule has 4 heteroatoms. The van der Waals surface area contributed by atoms with Gasteiger partial charge in [0.15, 0.2) is 8.32 Å². The van der Waals surface area contributed by atoms with Crippen LogP contribution in [-0.4, -0.2) is 31.3 Å². The minimum absolute atomic E-state index is 0.000818. The number of β-lactam (4-membered cyclic amide) rings is 1. The molecule has 1 fully saturated rings. The van der Waals surface area contributed by atoms with E-state index in [1.54, 1.807) is 0 Å². The van der Waals surface area contributed by atoms with Gasteiger partial charge in [0, 0.05) is 12.1 Å². The van der Waals surface area contributed by atoms with Crippen molar-refractivity contribution in [2.75, 3.05) is 0 Å². The van der Waals surface area contributed by atoms with Gasteiger partial charge in [-0.2, -0.15) is 0 Å². The third-order valence-corrected chi connectivity index (χ3v) is 10.8. The van der Waals surface area contributed by atoms with Crippen molar-refractivity contribution in [3.63, 3.8) is 0 Å². The summed E-state index contributed by atoms with van der Waals surface area (Å²) in [6, 6.07) is 10.7. The SMILES string of the molecule is C[C@@H](O[Si](C)(C)C(C)(C)C)[C@H]1C(=O)N2C(Cc3ccccc3)=CC[C@H]12. The number of carbonyl (C=O) groups is 1. The number of rotatable bonds is 5. The Balaban J connectivity index is 1.65. The van der Waals surface area contributed by atoms with E-state index in [0.29, 0.717) is 6.04 Å². The molecule has 0 aromatic heterocycles. The van der Waals surface area contributed by atoms with E-state index in [2.05, 4.69) is 71.1 Å². The first-order valence-electron chi connectivity index (χ1n) is 9.36. The highest BCUT2D eigenvalue weighted by Gasteiger charge is 2.54. The fourth-order valence-electron chi connectivity index (χ4n) is 3.72. The molecule has 0 bridgehead atoms. The molecule has 0 saturated carbocycles. The van der Waals surface area contributed by atoms with Crippen molar-refractivity contribution in [1.29, 1.82) is 0 Å². The van der Waals surface area contributed by atoms with Crippen molar-refractivity contribution in [3.05, 3.63) is 47.7 Å². The van der Waals surface area contributed by atoms with E-state index in [9.17, 15) is 4.79 Å². The van der Waals surface area contributed by atoms with Crippen LogP contribution in [-0.2, 0) is 15.6 Å². The van der Waals surface area contributed by atoms with Gasteiger partial charge in [-0.25, -0.2) is 0 Å². The molecule has 2 aliphatic heterocycles. The Hall–Kier alpha value is -1.39. The molecule has 3 atom stereocenters. The van der Waals surface area contributed by atoms with Crippen molar-refractivity contribution >= 4 is 14.2 Å². The summed E-state index contributed by atoms with van der Waals surface area (Å²) in [7, 11) is -1.85. The average molecular weight is 358 g/mol. The van der Waals surface area contributed by atoms with Crippen LogP contribution >= 0.6 is 0 Å². The van der Waals surface area contributed by atoms with E-state index in [1.165, 1.54) is 5.56 Å². The van der Waals surface area contributed by atoms with Crippen LogP contribution in [0.4, 0.5) is 0 Å². The summed E-state index contributed by atoms with van der Waals surface area (Å²) in [5.74, 6) is 0.259. The van der Waals surface area contributed by atoms with Gasteiger partial charge in [-0.05, 0) is 37.0 Å². The Bertz CT molecular complexity index is 675. The van der Waals surface area contributed by atoms with Gasteiger partial charge in [0.2, 0.25) is 5.91 Å². The molecule has 3 rings (SSSR count). The van der Waals surface area contributed by atoms with Crippen molar-refractivity contribution in [2.45, 2.75) is 70.8 Å². The smallest absolute Gasteiger partial charge is 0.234 e. The largest absolute Gasteiger partial charge is 0.413 e. The van der Waals surface area contributed by atoms with E-state index in [0.717, 1.165) is 18.5 Å². The maximum Gasteiger partial charge on any atom is 0.234 e. The van der Waals surface area contributed by atoms with Gasteiger partial charge in [0.05, 0.1) is 18.1 Å². The van der Waals surface area contributed by atoms with Crippen molar-refractivity contribution in [3.8, 4) is 0 Å². The molecule has 3 nitrogen and oxygen atoms in total. The quantitative estimate of drug-likeness (QED) is 0.562. The second kappa shape index (κ2) is 6.40. The van der Waals surface area contributed by atoms with E-state index in [1.807, 2.05) is 11.0 Å². The molecule has 1 amide bonds. The predicted octanol–water partition coefficient (Wildman–Crippen LogP) is 4.75. The lowest BCUT2D eigenvalue weighted by atomic mass is 9.83. The second-order valence-corrected chi connectivity index (χ2v) is 13.7. The van der Waals surface area contributed by atoms with Gasteiger partial charge in [0.1, 0.15) is 0 Å². The number of hydrogen-bond donors (Lipinski definition) is 0. The lowest BCUT2D eigenvalue weighted by molar-refractivity contribution is -0.156. The summed E-state index contributed by atoms with van der Waals surface area (Å²) in [4.78, 5) is 14.9. The van der Waals surface area contributed by atoms with Gasteiger partial charge in [-0.3, -0.25) is 4.79 Å². The van der Waals surface area contributed by atoms with Gasteiger partial charge < -0.3 is 9.33 Å². The number of nitrogens with zero attached hydrogens (tertiary/aromatic N) is 1. The standard InChI is InChI=1S/C21H31NO2Si/c1-15(24-25(5,6)21(2,3)4)19-18-13-12-17(22(18)20(19)23)14-16-10-8-7-9-11-16/h7-12,15,18-19H,13-14H2,1-6H3/t15-,18-,19-/m1/s1. The molecule has 25 heavy (non-hydrogen) atoms. The van der Waals surface area contributed by atoms with E-state index >= 15 is 0 Å². The Morgan fingerprint density at radius 3 is 2.48 bits per heavy atom. The first-order chi connectivity index (χ1) is 11.6. The van der Waals surface area contributed by atoms with Crippen LogP contribution in [0, 0.1) is 5.92 Å². The Kier molecular flexibility index (Phi) is 4.71. The molecule has 0 aliphatic carbocycles. The number of amides is 1. The Labute approximate surface area is 153 Å². The predicted molar refractivity (Wildman–Crippen MR) is 105 cm³/mol. The monoisotopic (exact) mass is 357 g/mol. The molecule has 2 heterocycles. The lowest BCUT2D eigenvalue weighted by Crippen LogP contribution is -2.63. The normalized spacial score (nSPS) is 24.6. The number of hydrogen-bond acceptors (Lipinski definition) is 2. The van der Waals surface area contributed by atoms with Gasteiger partial charge in [-0.1, -0.05) is 57.2 Å². The minimum atomic E-state index is -1.85. The topological polar surface area (TPSA) is 29.5 Å². The van der Waals surface area contributed by atoms with Gasteiger partial charge in [-0.15, -0.1) is 0 Å². The molecular formula is C21H31NO2Si. The van der Waals surface area contributed by atoms with Crippen LogP contribution in [0.5, 0.6) is 0 Å². The summed E-state index contributed by atoms with van der Waals surface area (Å²) in [5.41, 5.74) is 2.42. The number of fused-ring (bicyclic) bond motifs is 1. The molecule has 1 saturated heterocycles. The van der Waals surface area contributed by atoms with E-state index < -0.39 is 8.32 Å². The Morgan fingerprint density at radius 2 is 1.88 bits per heavy atom. The molecule has 2 aliphatic rings. The zero-order chi connectivity index (χ0) is 18.4. The number of allylic oxidation sites excluding steroid dienone is 1. The summed E-state index contributed by atoms with van der Waals surface area (Å²) < 4.78 is 6.51. The molecule has 136 valence electrons. The molecule has 1 aromatic rings. The van der Waals surface area contributed by atoms with E-state index in [4.69, 9.17) is 4.43 Å². The third-order valence-electron chi connectivity index (χ3n) is 6.19. The van der Waals surface area contributed by atoms with Crippen LogP contribution in [0.2, 0.25) is 18.1 Å². The van der Waals surface area contributed by atoms with Crippen LogP contribution < -0.4 is 0 Å². The first kappa shape index (κ1) is 18.4. The molecular weight excluding hydrogens is 326 g/mol. The van der Waals surface area contributed by atoms with Crippen LogP contribution in [0.3, 0.4) is 0 Å². The average Bonchev–Trinajstić information content (AvgIpc) is 2.84. The maximum absolute atomic E-state index is 12.8. The molecule has 1 aromatic carbocycles. The third kappa shape index (κ3) is 3.34. The lowest BCUT2D eigenvalue weighted by Gasteiger charge is -2.49. The zero-order valence-electron chi connectivity index (χ0n) is 16.4. The molecule has 0 radical (unpaired) electrons. The highest BCUT2D eigenvalue weighted by Crippen LogP contribution is 2.44. The molecule has 0 N–H and O–H groups in total.